The molecule has 1 aromatic carbocycles. The van der Waals surface area contributed by atoms with Crippen molar-refractivity contribution in [3.05, 3.63) is 29.6 Å². The van der Waals surface area contributed by atoms with E-state index in [1.165, 1.54) is 6.07 Å². The van der Waals surface area contributed by atoms with Gasteiger partial charge in [-0.1, -0.05) is 20.3 Å². The summed E-state index contributed by atoms with van der Waals surface area (Å²) in [6.07, 6.45) is -3.98. The van der Waals surface area contributed by atoms with Crippen LogP contribution < -0.4 is 10.1 Å². The van der Waals surface area contributed by atoms with E-state index in [2.05, 4.69) is 15.0 Å². The summed E-state index contributed by atoms with van der Waals surface area (Å²) in [5.41, 5.74) is 0.267. The minimum Gasteiger partial charge on any atom is -0.406 e. The van der Waals surface area contributed by atoms with Gasteiger partial charge in [0.1, 0.15) is 11.6 Å². The van der Waals surface area contributed by atoms with Crippen LogP contribution in [0.1, 0.15) is 31.9 Å². The van der Waals surface area contributed by atoms with Crippen molar-refractivity contribution in [2.75, 3.05) is 26.2 Å². The average Bonchev–Trinajstić information content (AvgIpc) is 2.50. The molecule has 1 fully saturated rings. The zero-order valence-corrected chi connectivity index (χ0v) is 13.3. The van der Waals surface area contributed by atoms with Crippen LogP contribution in [-0.2, 0) is 0 Å². The maximum atomic E-state index is 14.3. The van der Waals surface area contributed by atoms with Crippen molar-refractivity contribution in [3.63, 3.8) is 0 Å². The van der Waals surface area contributed by atoms with Crippen LogP contribution in [0.5, 0.6) is 5.75 Å². The molecule has 0 amide bonds. The van der Waals surface area contributed by atoms with Crippen molar-refractivity contribution in [2.45, 2.75) is 32.7 Å². The van der Waals surface area contributed by atoms with E-state index in [1.54, 1.807) is 0 Å². The molecule has 0 saturated carbocycles. The molecular formula is C16H22F4N2O. The van der Waals surface area contributed by atoms with Gasteiger partial charge in [-0.2, -0.15) is 0 Å². The van der Waals surface area contributed by atoms with Crippen LogP contribution in [0.15, 0.2) is 18.2 Å². The molecule has 1 unspecified atom stereocenters. The Kier molecular flexibility index (Phi) is 5.86. The fourth-order valence-corrected chi connectivity index (χ4v) is 2.99. The Labute approximate surface area is 133 Å². The highest BCUT2D eigenvalue weighted by Gasteiger charge is 2.33. The highest BCUT2D eigenvalue weighted by atomic mass is 19.4. The normalized spacial score (nSPS) is 19.4. The lowest BCUT2D eigenvalue weighted by Gasteiger charge is -2.38. The molecule has 0 aromatic heterocycles. The molecule has 1 aromatic rings. The summed E-state index contributed by atoms with van der Waals surface area (Å²) < 4.78 is 55.5. The molecule has 3 nitrogen and oxygen atoms in total. The number of halogens is 4. The number of alkyl halides is 3. The summed E-state index contributed by atoms with van der Waals surface area (Å²) >= 11 is 0. The van der Waals surface area contributed by atoms with Gasteiger partial charge in [-0.15, -0.1) is 13.2 Å². The van der Waals surface area contributed by atoms with E-state index in [9.17, 15) is 17.6 Å². The SMILES string of the molecule is CCC(C)[C@H](c1cc(OC(F)(F)F)ccc1F)N1CCNCC1. The van der Waals surface area contributed by atoms with Crippen LogP contribution in [0.4, 0.5) is 17.6 Å². The number of piperazine rings is 1. The molecule has 2 rings (SSSR count). The Morgan fingerprint density at radius 1 is 1.26 bits per heavy atom. The second-order valence-electron chi connectivity index (χ2n) is 5.85. The van der Waals surface area contributed by atoms with Gasteiger partial charge in [-0.05, 0) is 24.1 Å². The smallest absolute Gasteiger partial charge is 0.406 e. The number of hydrogen-bond acceptors (Lipinski definition) is 3. The Morgan fingerprint density at radius 2 is 1.91 bits per heavy atom. The van der Waals surface area contributed by atoms with Gasteiger partial charge in [-0.25, -0.2) is 4.39 Å². The van der Waals surface area contributed by atoms with Crippen molar-refractivity contribution in [3.8, 4) is 5.75 Å². The molecular weight excluding hydrogens is 312 g/mol. The zero-order chi connectivity index (χ0) is 17.0. The Hall–Kier alpha value is -1.34. The van der Waals surface area contributed by atoms with Gasteiger partial charge in [0.15, 0.2) is 0 Å². The van der Waals surface area contributed by atoms with Gasteiger partial charge in [0.2, 0.25) is 0 Å². The van der Waals surface area contributed by atoms with Crippen molar-refractivity contribution in [2.24, 2.45) is 5.92 Å². The molecule has 1 aliphatic heterocycles. The Balaban J connectivity index is 2.34. The van der Waals surface area contributed by atoms with E-state index in [0.29, 0.717) is 0 Å². The molecule has 2 atom stereocenters. The maximum Gasteiger partial charge on any atom is 0.573 e. The standard InChI is InChI=1S/C16H22F4N2O/c1-3-11(2)15(22-8-6-21-7-9-22)13-10-12(4-5-14(13)17)23-16(18,19)20/h4-5,10-11,15,21H,3,6-9H2,1-2H3/t11?,15-/m1/s1. The van der Waals surface area contributed by atoms with Crippen molar-refractivity contribution >= 4 is 0 Å². The van der Waals surface area contributed by atoms with Crippen molar-refractivity contribution in [1.82, 2.24) is 10.2 Å². The topological polar surface area (TPSA) is 24.5 Å². The fraction of sp³-hybridized carbons (Fsp3) is 0.625. The number of nitrogens with one attached hydrogen (secondary N) is 1. The second-order valence-corrected chi connectivity index (χ2v) is 5.85. The molecule has 130 valence electrons. The summed E-state index contributed by atoms with van der Waals surface area (Å²) in [6, 6.07) is 2.98. The predicted molar refractivity (Wildman–Crippen MR) is 79.7 cm³/mol. The number of rotatable bonds is 5. The van der Waals surface area contributed by atoms with E-state index < -0.39 is 12.2 Å². The first-order valence-corrected chi connectivity index (χ1v) is 7.81. The van der Waals surface area contributed by atoms with Gasteiger partial charge in [0.25, 0.3) is 0 Å². The van der Waals surface area contributed by atoms with Crippen molar-refractivity contribution < 1.29 is 22.3 Å². The first kappa shape index (κ1) is 18.0. The van der Waals surface area contributed by atoms with Crippen molar-refractivity contribution in [1.29, 1.82) is 0 Å². The van der Waals surface area contributed by atoms with E-state index in [-0.39, 0.29) is 23.3 Å². The maximum absolute atomic E-state index is 14.3. The highest BCUT2D eigenvalue weighted by molar-refractivity contribution is 5.32. The summed E-state index contributed by atoms with van der Waals surface area (Å²) in [7, 11) is 0. The molecule has 0 bridgehead atoms. The first-order valence-electron chi connectivity index (χ1n) is 7.81. The number of nitrogens with zero attached hydrogens (tertiary/aromatic N) is 1. The zero-order valence-electron chi connectivity index (χ0n) is 13.3. The predicted octanol–water partition coefficient (Wildman–Crippen LogP) is 3.72. The fourth-order valence-electron chi connectivity index (χ4n) is 2.99. The molecule has 0 radical (unpaired) electrons. The number of benzene rings is 1. The minimum atomic E-state index is -4.78. The van der Waals surface area contributed by atoms with E-state index in [4.69, 9.17) is 0 Å². The Bertz CT molecular complexity index is 515. The lowest BCUT2D eigenvalue weighted by Crippen LogP contribution is -2.46. The van der Waals surface area contributed by atoms with Gasteiger partial charge < -0.3 is 10.1 Å². The number of hydrogen-bond donors (Lipinski definition) is 1. The molecule has 23 heavy (non-hydrogen) atoms. The third kappa shape index (κ3) is 4.81. The van der Waals surface area contributed by atoms with E-state index in [1.807, 2.05) is 13.8 Å². The first-order chi connectivity index (χ1) is 10.8. The highest BCUT2D eigenvalue weighted by Crippen LogP contribution is 2.35. The van der Waals surface area contributed by atoms with E-state index >= 15 is 0 Å². The van der Waals surface area contributed by atoms with Gasteiger partial charge >= 0.3 is 6.36 Å². The molecule has 0 spiro atoms. The van der Waals surface area contributed by atoms with Crippen LogP contribution in [-0.4, -0.2) is 37.4 Å². The lowest BCUT2D eigenvalue weighted by atomic mass is 9.90. The molecule has 1 heterocycles. The van der Waals surface area contributed by atoms with E-state index in [0.717, 1.165) is 44.7 Å². The lowest BCUT2D eigenvalue weighted by molar-refractivity contribution is -0.274. The minimum absolute atomic E-state index is 0.115. The summed E-state index contributed by atoms with van der Waals surface area (Å²) in [5, 5.41) is 3.23. The third-order valence-electron chi connectivity index (χ3n) is 4.25. The average molecular weight is 334 g/mol. The van der Waals surface area contributed by atoms with Crippen LogP contribution in [0.25, 0.3) is 0 Å². The summed E-state index contributed by atoms with van der Waals surface area (Å²) in [4.78, 5) is 2.13. The van der Waals surface area contributed by atoms with Crippen LogP contribution in [0.2, 0.25) is 0 Å². The summed E-state index contributed by atoms with van der Waals surface area (Å²) in [6.45, 7) is 7.02. The van der Waals surface area contributed by atoms with Crippen LogP contribution in [0, 0.1) is 11.7 Å². The van der Waals surface area contributed by atoms with Gasteiger partial charge in [0, 0.05) is 37.8 Å². The largest absolute Gasteiger partial charge is 0.573 e. The molecule has 1 N–H and O–H groups in total. The van der Waals surface area contributed by atoms with Crippen LogP contribution in [0.3, 0.4) is 0 Å². The van der Waals surface area contributed by atoms with Crippen LogP contribution >= 0.6 is 0 Å². The quantitative estimate of drug-likeness (QED) is 0.831. The second kappa shape index (κ2) is 7.49. The molecule has 1 saturated heterocycles. The third-order valence-corrected chi connectivity index (χ3v) is 4.25. The molecule has 1 aliphatic rings. The van der Waals surface area contributed by atoms with Gasteiger partial charge in [0.05, 0.1) is 0 Å². The molecule has 0 aliphatic carbocycles. The van der Waals surface area contributed by atoms with Gasteiger partial charge in [-0.3, -0.25) is 4.90 Å². The monoisotopic (exact) mass is 334 g/mol. The number of ether oxygens (including phenoxy) is 1. The summed E-state index contributed by atoms with van der Waals surface area (Å²) in [5.74, 6) is -0.760. The Morgan fingerprint density at radius 3 is 2.48 bits per heavy atom. The molecule has 7 heteroatoms.